The number of hydrogen-bond donors (Lipinski definition) is 1. The molecule has 0 aromatic heterocycles. The van der Waals surface area contributed by atoms with Crippen LogP contribution in [-0.4, -0.2) is 39.9 Å². The van der Waals surface area contributed by atoms with Crippen LogP contribution in [0.25, 0.3) is 0 Å². The third-order valence-electron chi connectivity index (χ3n) is 3.61. The summed E-state index contributed by atoms with van der Waals surface area (Å²) in [7, 11) is 0. The molecule has 4 heteroatoms. The average molecular weight is 227 g/mol. The van der Waals surface area contributed by atoms with Crippen molar-refractivity contribution >= 4 is 6.09 Å². The summed E-state index contributed by atoms with van der Waals surface area (Å²) in [6.45, 7) is 6.31. The summed E-state index contributed by atoms with van der Waals surface area (Å²) in [5.41, 5.74) is -0.766. The quantitative estimate of drug-likeness (QED) is 0.687. The molecule has 2 atom stereocenters. The highest BCUT2D eigenvalue weighted by Crippen LogP contribution is 2.46. The first kappa shape index (κ1) is 11.7. The van der Waals surface area contributed by atoms with Crippen molar-refractivity contribution in [2.45, 2.75) is 63.7 Å². The Kier molecular flexibility index (Phi) is 2.65. The number of carbonyl (C=O) groups excluding carboxylic acids is 1. The first-order valence-corrected chi connectivity index (χ1v) is 6.04. The van der Waals surface area contributed by atoms with E-state index in [9.17, 15) is 9.90 Å². The summed E-state index contributed by atoms with van der Waals surface area (Å²) in [6, 6.07) is 0. The molecule has 4 nitrogen and oxygen atoms in total. The number of ether oxygens (including phenoxy) is 1. The van der Waals surface area contributed by atoms with Crippen LogP contribution in [0.1, 0.15) is 46.5 Å². The molecule has 2 aliphatic rings. The van der Waals surface area contributed by atoms with Gasteiger partial charge in [0, 0.05) is 6.54 Å². The molecule has 1 aliphatic carbocycles. The standard InChI is InChI=1S/C12H21NO3/c1-11(2,3)16-10(15)13-8-4-6-12(13)7-5-9(12)14/h9,14H,4-8H2,1-3H3/t9-,12+/m1/s1. The van der Waals surface area contributed by atoms with Crippen LogP contribution in [0, 0.1) is 0 Å². The van der Waals surface area contributed by atoms with E-state index >= 15 is 0 Å². The molecule has 92 valence electrons. The molecule has 0 bridgehead atoms. The van der Waals surface area contributed by atoms with Gasteiger partial charge in [-0.1, -0.05) is 0 Å². The second-order valence-corrected chi connectivity index (χ2v) is 5.89. The SMILES string of the molecule is CC(C)(C)OC(=O)N1CCC[C@@]12CC[C@H]2O. The molecule has 2 rings (SSSR count). The van der Waals surface area contributed by atoms with E-state index in [1.54, 1.807) is 4.90 Å². The molecule has 1 N–H and O–H groups in total. The van der Waals surface area contributed by atoms with E-state index < -0.39 is 5.60 Å². The number of carbonyl (C=O) groups is 1. The van der Waals surface area contributed by atoms with Crippen molar-refractivity contribution in [1.82, 2.24) is 4.90 Å². The minimum atomic E-state index is -0.463. The molecule has 1 spiro atoms. The van der Waals surface area contributed by atoms with E-state index in [0.29, 0.717) is 6.54 Å². The van der Waals surface area contributed by atoms with Gasteiger partial charge in [0.2, 0.25) is 0 Å². The van der Waals surface area contributed by atoms with Crippen LogP contribution in [-0.2, 0) is 4.74 Å². The first-order chi connectivity index (χ1) is 7.35. The highest BCUT2D eigenvalue weighted by Gasteiger charge is 2.55. The fourth-order valence-electron chi connectivity index (χ4n) is 2.70. The Morgan fingerprint density at radius 2 is 2.12 bits per heavy atom. The minimum Gasteiger partial charge on any atom is -0.444 e. The Bertz CT molecular complexity index is 297. The highest BCUT2D eigenvalue weighted by molar-refractivity contribution is 5.70. The van der Waals surface area contributed by atoms with Gasteiger partial charge >= 0.3 is 6.09 Å². The van der Waals surface area contributed by atoms with Gasteiger partial charge in [-0.15, -0.1) is 0 Å². The zero-order valence-electron chi connectivity index (χ0n) is 10.3. The molecule has 0 aromatic carbocycles. The molecule has 1 saturated carbocycles. The van der Waals surface area contributed by atoms with E-state index in [-0.39, 0.29) is 17.7 Å². The summed E-state index contributed by atoms with van der Waals surface area (Å²) >= 11 is 0. The third kappa shape index (κ3) is 1.79. The molecule has 16 heavy (non-hydrogen) atoms. The van der Waals surface area contributed by atoms with Crippen LogP contribution in [0.3, 0.4) is 0 Å². The zero-order valence-corrected chi connectivity index (χ0v) is 10.3. The van der Waals surface area contributed by atoms with Gasteiger partial charge in [0.05, 0.1) is 11.6 Å². The average Bonchev–Trinajstić information content (AvgIpc) is 2.59. The van der Waals surface area contributed by atoms with Gasteiger partial charge in [-0.3, -0.25) is 4.90 Å². The van der Waals surface area contributed by atoms with Crippen LogP contribution < -0.4 is 0 Å². The van der Waals surface area contributed by atoms with Gasteiger partial charge in [-0.25, -0.2) is 4.79 Å². The normalized spacial score (nSPS) is 34.0. The van der Waals surface area contributed by atoms with Crippen molar-refractivity contribution in [3.05, 3.63) is 0 Å². The Morgan fingerprint density at radius 3 is 2.56 bits per heavy atom. The van der Waals surface area contributed by atoms with E-state index in [1.165, 1.54) is 0 Å². The predicted molar refractivity (Wildman–Crippen MR) is 60.1 cm³/mol. The van der Waals surface area contributed by atoms with Crippen LogP contribution in [0.5, 0.6) is 0 Å². The van der Waals surface area contributed by atoms with Gasteiger partial charge in [-0.2, -0.15) is 0 Å². The van der Waals surface area contributed by atoms with Crippen molar-refractivity contribution in [3.63, 3.8) is 0 Å². The fraction of sp³-hybridized carbons (Fsp3) is 0.917. The summed E-state index contributed by atoms with van der Waals surface area (Å²) in [4.78, 5) is 13.7. The molecule has 1 heterocycles. The predicted octanol–water partition coefficient (Wildman–Crippen LogP) is 1.91. The Morgan fingerprint density at radius 1 is 1.44 bits per heavy atom. The molecule has 0 aromatic rings. The monoisotopic (exact) mass is 227 g/mol. The van der Waals surface area contributed by atoms with Crippen molar-refractivity contribution in [3.8, 4) is 0 Å². The fourth-order valence-corrected chi connectivity index (χ4v) is 2.70. The Hall–Kier alpha value is -0.770. The van der Waals surface area contributed by atoms with Gasteiger partial charge in [0.15, 0.2) is 0 Å². The lowest BCUT2D eigenvalue weighted by Crippen LogP contribution is -2.62. The number of hydrogen-bond acceptors (Lipinski definition) is 3. The summed E-state index contributed by atoms with van der Waals surface area (Å²) < 4.78 is 5.38. The molecular weight excluding hydrogens is 206 g/mol. The van der Waals surface area contributed by atoms with Crippen molar-refractivity contribution < 1.29 is 14.6 Å². The number of rotatable bonds is 0. The second-order valence-electron chi connectivity index (χ2n) is 5.89. The molecule has 2 fully saturated rings. The lowest BCUT2D eigenvalue weighted by molar-refractivity contribution is -0.0850. The summed E-state index contributed by atoms with van der Waals surface area (Å²) in [5, 5.41) is 9.87. The Balaban J connectivity index is 2.06. The maximum atomic E-state index is 12.0. The molecule has 1 saturated heterocycles. The van der Waals surface area contributed by atoms with Gasteiger partial charge in [0.25, 0.3) is 0 Å². The zero-order chi connectivity index (χ0) is 12.0. The summed E-state index contributed by atoms with van der Waals surface area (Å²) in [6.07, 6.45) is 2.96. The largest absolute Gasteiger partial charge is 0.444 e. The maximum Gasteiger partial charge on any atom is 0.410 e. The highest BCUT2D eigenvalue weighted by atomic mass is 16.6. The van der Waals surface area contributed by atoms with Gasteiger partial charge < -0.3 is 9.84 Å². The van der Waals surface area contributed by atoms with Crippen LogP contribution in [0.15, 0.2) is 0 Å². The van der Waals surface area contributed by atoms with E-state index in [4.69, 9.17) is 4.74 Å². The van der Waals surface area contributed by atoms with Gasteiger partial charge in [-0.05, 0) is 46.5 Å². The lowest BCUT2D eigenvalue weighted by atomic mass is 9.72. The minimum absolute atomic E-state index is 0.274. The summed E-state index contributed by atoms with van der Waals surface area (Å²) in [5.74, 6) is 0. The van der Waals surface area contributed by atoms with E-state index in [0.717, 1.165) is 25.7 Å². The third-order valence-corrected chi connectivity index (χ3v) is 3.61. The number of nitrogens with zero attached hydrogens (tertiary/aromatic N) is 1. The van der Waals surface area contributed by atoms with Crippen LogP contribution in [0.2, 0.25) is 0 Å². The van der Waals surface area contributed by atoms with Gasteiger partial charge in [0.1, 0.15) is 5.60 Å². The molecule has 0 unspecified atom stereocenters. The maximum absolute atomic E-state index is 12.0. The van der Waals surface area contributed by atoms with Crippen molar-refractivity contribution in [2.24, 2.45) is 0 Å². The number of likely N-dealkylation sites (tertiary alicyclic amines) is 1. The second kappa shape index (κ2) is 3.62. The number of aliphatic hydroxyl groups excluding tert-OH is 1. The number of aliphatic hydroxyl groups is 1. The van der Waals surface area contributed by atoms with E-state index in [1.807, 2.05) is 20.8 Å². The van der Waals surface area contributed by atoms with Crippen LogP contribution in [0.4, 0.5) is 4.79 Å². The molecule has 1 amide bonds. The van der Waals surface area contributed by atoms with E-state index in [2.05, 4.69) is 0 Å². The number of amides is 1. The topological polar surface area (TPSA) is 49.8 Å². The van der Waals surface area contributed by atoms with Crippen molar-refractivity contribution in [2.75, 3.05) is 6.54 Å². The Labute approximate surface area is 96.6 Å². The molecule has 0 radical (unpaired) electrons. The molecular formula is C12H21NO3. The van der Waals surface area contributed by atoms with Crippen molar-refractivity contribution in [1.29, 1.82) is 0 Å². The molecule has 1 aliphatic heterocycles. The van der Waals surface area contributed by atoms with Crippen LogP contribution >= 0.6 is 0 Å². The lowest BCUT2D eigenvalue weighted by Gasteiger charge is -2.49. The smallest absolute Gasteiger partial charge is 0.410 e. The first-order valence-electron chi connectivity index (χ1n) is 6.04.